The third kappa shape index (κ3) is 4.61. The summed E-state index contributed by atoms with van der Waals surface area (Å²) in [6.45, 7) is 5.84. The molecule has 5 heteroatoms. The van der Waals surface area contributed by atoms with Gasteiger partial charge < -0.3 is 14.7 Å². The maximum atomic E-state index is 12.2. The van der Waals surface area contributed by atoms with Gasteiger partial charge in [0.25, 0.3) is 0 Å². The monoisotopic (exact) mass is 311 g/mol. The van der Waals surface area contributed by atoms with Crippen LogP contribution in [0.3, 0.4) is 0 Å². The van der Waals surface area contributed by atoms with E-state index in [2.05, 4.69) is 0 Å². The minimum absolute atomic E-state index is 0.0453. The zero-order valence-corrected chi connectivity index (χ0v) is 13.4. The number of carbonyl (C=O) groups is 1. The first-order chi connectivity index (χ1) is 9.74. The molecule has 1 aliphatic rings. The minimum Gasteiger partial charge on any atom is -0.444 e. The normalized spacial score (nSPS) is 22.4. The molecule has 0 aliphatic carbocycles. The topological polar surface area (TPSA) is 49.8 Å². The maximum Gasteiger partial charge on any atom is 0.410 e. The van der Waals surface area contributed by atoms with Gasteiger partial charge in [-0.3, -0.25) is 0 Å². The second-order valence-corrected chi connectivity index (χ2v) is 6.94. The van der Waals surface area contributed by atoms with Crippen molar-refractivity contribution in [3.05, 3.63) is 34.9 Å². The molecule has 1 aromatic carbocycles. The summed E-state index contributed by atoms with van der Waals surface area (Å²) >= 11 is 5.88. The molecular formula is C16H22ClNO3. The van der Waals surface area contributed by atoms with Crippen LogP contribution >= 0.6 is 11.6 Å². The third-order valence-electron chi connectivity index (χ3n) is 3.40. The zero-order valence-electron chi connectivity index (χ0n) is 12.7. The van der Waals surface area contributed by atoms with Crippen molar-refractivity contribution < 1.29 is 14.6 Å². The number of benzene rings is 1. The van der Waals surface area contributed by atoms with Gasteiger partial charge in [0.2, 0.25) is 0 Å². The van der Waals surface area contributed by atoms with E-state index in [4.69, 9.17) is 16.3 Å². The standard InChI is InChI=1S/C16H22ClNO3/c1-16(2,3)21-15(20)18-10-14(19)9-13(18)8-11-4-6-12(17)7-5-11/h4-7,13-14,19H,8-10H2,1-3H3. The van der Waals surface area contributed by atoms with E-state index < -0.39 is 11.7 Å². The summed E-state index contributed by atoms with van der Waals surface area (Å²) in [6.07, 6.45) is 0.405. The first kappa shape index (κ1) is 16.1. The quantitative estimate of drug-likeness (QED) is 0.912. The van der Waals surface area contributed by atoms with Crippen molar-refractivity contribution in [2.24, 2.45) is 0 Å². The van der Waals surface area contributed by atoms with E-state index in [0.717, 1.165) is 5.56 Å². The molecule has 1 amide bonds. The predicted molar refractivity (Wildman–Crippen MR) is 82.5 cm³/mol. The first-order valence-corrected chi connectivity index (χ1v) is 7.54. The molecule has 0 bridgehead atoms. The highest BCUT2D eigenvalue weighted by molar-refractivity contribution is 6.30. The number of nitrogens with zero attached hydrogens (tertiary/aromatic N) is 1. The van der Waals surface area contributed by atoms with Crippen molar-refractivity contribution in [3.63, 3.8) is 0 Å². The van der Waals surface area contributed by atoms with E-state index in [0.29, 0.717) is 24.4 Å². The summed E-state index contributed by atoms with van der Waals surface area (Å²) < 4.78 is 5.41. The number of aliphatic hydroxyl groups excluding tert-OH is 1. The molecule has 2 rings (SSSR count). The highest BCUT2D eigenvalue weighted by atomic mass is 35.5. The lowest BCUT2D eigenvalue weighted by Gasteiger charge is -2.28. The lowest BCUT2D eigenvalue weighted by atomic mass is 10.0. The number of halogens is 1. The SMILES string of the molecule is CC(C)(C)OC(=O)N1CC(O)CC1Cc1ccc(Cl)cc1. The molecule has 0 radical (unpaired) electrons. The van der Waals surface area contributed by atoms with Gasteiger partial charge in [-0.15, -0.1) is 0 Å². The van der Waals surface area contributed by atoms with Crippen LogP contribution in [0.5, 0.6) is 0 Å². The van der Waals surface area contributed by atoms with E-state index in [-0.39, 0.29) is 12.1 Å². The Morgan fingerprint density at radius 3 is 2.57 bits per heavy atom. The van der Waals surface area contributed by atoms with Gasteiger partial charge in [0.1, 0.15) is 5.60 Å². The first-order valence-electron chi connectivity index (χ1n) is 7.17. The van der Waals surface area contributed by atoms with Gasteiger partial charge in [-0.2, -0.15) is 0 Å². The van der Waals surface area contributed by atoms with Crippen LogP contribution in [0.1, 0.15) is 32.8 Å². The molecule has 2 atom stereocenters. The zero-order chi connectivity index (χ0) is 15.6. The van der Waals surface area contributed by atoms with Crippen molar-refractivity contribution in [1.29, 1.82) is 0 Å². The molecule has 116 valence electrons. The Hall–Kier alpha value is -1.26. The number of rotatable bonds is 2. The molecule has 2 unspecified atom stereocenters. The Kier molecular flexibility index (Phi) is 4.79. The Labute approximate surface area is 130 Å². The van der Waals surface area contributed by atoms with Crippen molar-refractivity contribution in [1.82, 2.24) is 4.90 Å². The number of ether oxygens (including phenoxy) is 1. The summed E-state index contributed by atoms with van der Waals surface area (Å²) in [6, 6.07) is 7.51. The summed E-state index contributed by atoms with van der Waals surface area (Å²) in [4.78, 5) is 13.9. The van der Waals surface area contributed by atoms with Gasteiger partial charge in [0, 0.05) is 11.1 Å². The number of aliphatic hydroxyl groups is 1. The second-order valence-electron chi connectivity index (χ2n) is 6.51. The molecule has 1 saturated heterocycles. The van der Waals surface area contributed by atoms with Crippen LogP contribution < -0.4 is 0 Å². The smallest absolute Gasteiger partial charge is 0.410 e. The number of β-amino-alcohol motifs (C(OH)–C–C–N with tert-alkyl or cyclic N) is 1. The van der Waals surface area contributed by atoms with Crippen molar-refractivity contribution in [2.45, 2.75) is 51.4 Å². The van der Waals surface area contributed by atoms with E-state index in [1.54, 1.807) is 4.90 Å². The Morgan fingerprint density at radius 2 is 2.00 bits per heavy atom. The summed E-state index contributed by atoms with van der Waals surface area (Å²) in [5.41, 5.74) is 0.558. The molecule has 1 N–H and O–H groups in total. The Balaban J connectivity index is 2.06. The van der Waals surface area contributed by atoms with Crippen molar-refractivity contribution in [3.8, 4) is 0 Å². The average molecular weight is 312 g/mol. The summed E-state index contributed by atoms with van der Waals surface area (Å²) in [5.74, 6) is 0. The van der Waals surface area contributed by atoms with E-state index in [9.17, 15) is 9.90 Å². The number of hydrogen-bond acceptors (Lipinski definition) is 3. The molecule has 1 heterocycles. The number of hydrogen-bond donors (Lipinski definition) is 1. The molecule has 0 saturated carbocycles. The molecule has 1 aliphatic heterocycles. The van der Waals surface area contributed by atoms with Gasteiger partial charge in [0.05, 0.1) is 12.6 Å². The lowest BCUT2D eigenvalue weighted by Crippen LogP contribution is -2.41. The number of likely N-dealkylation sites (tertiary alicyclic amines) is 1. The van der Waals surface area contributed by atoms with E-state index in [1.165, 1.54) is 0 Å². The van der Waals surface area contributed by atoms with Crippen LogP contribution in [0.25, 0.3) is 0 Å². The minimum atomic E-state index is -0.532. The molecule has 21 heavy (non-hydrogen) atoms. The van der Waals surface area contributed by atoms with E-state index >= 15 is 0 Å². The van der Waals surface area contributed by atoms with Crippen LogP contribution in [-0.2, 0) is 11.2 Å². The van der Waals surface area contributed by atoms with E-state index in [1.807, 2.05) is 45.0 Å². The van der Waals surface area contributed by atoms with Crippen molar-refractivity contribution in [2.75, 3.05) is 6.54 Å². The molecular weight excluding hydrogens is 290 g/mol. The number of amides is 1. The average Bonchev–Trinajstić information content (AvgIpc) is 2.71. The van der Waals surface area contributed by atoms with Crippen LogP contribution in [-0.4, -0.2) is 40.4 Å². The largest absolute Gasteiger partial charge is 0.444 e. The predicted octanol–water partition coefficient (Wildman–Crippen LogP) is 3.25. The maximum absolute atomic E-state index is 12.2. The van der Waals surface area contributed by atoms with Crippen LogP contribution in [0.2, 0.25) is 5.02 Å². The Morgan fingerprint density at radius 1 is 1.38 bits per heavy atom. The molecule has 4 nitrogen and oxygen atoms in total. The molecule has 1 aromatic rings. The van der Waals surface area contributed by atoms with Crippen LogP contribution in [0.15, 0.2) is 24.3 Å². The van der Waals surface area contributed by atoms with Gasteiger partial charge >= 0.3 is 6.09 Å². The molecule has 0 spiro atoms. The van der Waals surface area contributed by atoms with Gasteiger partial charge in [0.15, 0.2) is 0 Å². The second kappa shape index (κ2) is 6.24. The van der Waals surface area contributed by atoms with Gasteiger partial charge in [-0.05, 0) is 51.3 Å². The fraction of sp³-hybridized carbons (Fsp3) is 0.562. The molecule has 0 aromatic heterocycles. The highest BCUT2D eigenvalue weighted by Crippen LogP contribution is 2.24. The van der Waals surface area contributed by atoms with Crippen LogP contribution in [0, 0.1) is 0 Å². The van der Waals surface area contributed by atoms with Gasteiger partial charge in [-0.25, -0.2) is 4.79 Å². The fourth-order valence-corrected chi connectivity index (χ4v) is 2.65. The van der Waals surface area contributed by atoms with Crippen LogP contribution in [0.4, 0.5) is 4.79 Å². The third-order valence-corrected chi connectivity index (χ3v) is 3.66. The molecule has 1 fully saturated rings. The number of carbonyl (C=O) groups excluding carboxylic acids is 1. The Bertz CT molecular complexity index is 495. The van der Waals surface area contributed by atoms with Crippen molar-refractivity contribution >= 4 is 17.7 Å². The highest BCUT2D eigenvalue weighted by Gasteiger charge is 2.36. The summed E-state index contributed by atoms with van der Waals surface area (Å²) in [7, 11) is 0. The fourth-order valence-electron chi connectivity index (χ4n) is 2.52. The van der Waals surface area contributed by atoms with Gasteiger partial charge in [-0.1, -0.05) is 23.7 Å². The lowest BCUT2D eigenvalue weighted by molar-refractivity contribution is 0.0208. The summed E-state index contributed by atoms with van der Waals surface area (Å²) in [5, 5.41) is 10.6.